The SMILES string of the molecule is COC(=O)C1C(c2ccc(I)cc2)C[C@@H]2CC[C@H]1N2C. The number of benzene rings is 1. The first-order valence-electron chi connectivity index (χ1n) is 7.17. The fourth-order valence-electron chi connectivity index (χ4n) is 3.98. The van der Waals surface area contributed by atoms with Gasteiger partial charge in [0.15, 0.2) is 0 Å². The molecule has 4 atom stereocenters. The predicted molar refractivity (Wildman–Crippen MR) is 86.6 cm³/mol. The van der Waals surface area contributed by atoms with Crippen molar-refractivity contribution in [3.8, 4) is 0 Å². The normalized spacial score (nSPS) is 33.1. The molecule has 1 aromatic rings. The van der Waals surface area contributed by atoms with E-state index in [-0.39, 0.29) is 11.9 Å². The van der Waals surface area contributed by atoms with E-state index in [1.807, 2.05) is 0 Å². The highest BCUT2D eigenvalue weighted by atomic mass is 127. The highest BCUT2D eigenvalue weighted by molar-refractivity contribution is 14.1. The summed E-state index contributed by atoms with van der Waals surface area (Å²) in [6.45, 7) is 0. The third-order valence-electron chi connectivity index (χ3n) is 5.04. The minimum absolute atomic E-state index is 0.0242. The summed E-state index contributed by atoms with van der Waals surface area (Å²) >= 11 is 2.32. The van der Waals surface area contributed by atoms with Crippen molar-refractivity contribution in [1.29, 1.82) is 0 Å². The zero-order valence-electron chi connectivity index (χ0n) is 11.9. The number of rotatable bonds is 2. The van der Waals surface area contributed by atoms with Gasteiger partial charge in [-0.1, -0.05) is 12.1 Å². The zero-order chi connectivity index (χ0) is 14.3. The van der Waals surface area contributed by atoms with Gasteiger partial charge < -0.3 is 4.74 Å². The number of ether oxygens (including phenoxy) is 1. The lowest BCUT2D eigenvalue weighted by Gasteiger charge is -2.41. The van der Waals surface area contributed by atoms with Crippen molar-refractivity contribution < 1.29 is 9.53 Å². The van der Waals surface area contributed by atoms with Gasteiger partial charge in [-0.3, -0.25) is 9.69 Å². The van der Waals surface area contributed by atoms with Gasteiger partial charge in [-0.15, -0.1) is 0 Å². The largest absolute Gasteiger partial charge is 0.469 e. The van der Waals surface area contributed by atoms with Gasteiger partial charge in [-0.2, -0.15) is 0 Å². The number of carbonyl (C=O) groups excluding carboxylic acids is 1. The number of carbonyl (C=O) groups is 1. The Labute approximate surface area is 133 Å². The Bertz CT molecular complexity index is 502. The van der Waals surface area contributed by atoms with Crippen LogP contribution in [0.4, 0.5) is 0 Å². The third-order valence-corrected chi connectivity index (χ3v) is 5.76. The summed E-state index contributed by atoms with van der Waals surface area (Å²) in [7, 11) is 3.66. The number of hydrogen-bond acceptors (Lipinski definition) is 3. The van der Waals surface area contributed by atoms with Gasteiger partial charge in [-0.25, -0.2) is 0 Å². The maximum absolute atomic E-state index is 12.3. The van der Waals surface area contributed by atoms with Crippen LogP contribution in [0.5, 0.6) is 0 Å². The van der Waals surface area contributed by atoms with Crippen molar-refractivity contribution >= 4 is 28.6 Å². The van der Waals surface area contributed by atoms with E-state index >= 15 is 0 Å². The quantitative estimate of drug-likeness (QED) is 0.579. The molecule has 2 unspecified atom stereocenters. The molecule has 0 aliphatic carbocycles. The van der Waals surface area contributed by atoms with E-state index in [0.717, 1.165) is 12.8 Å². The Hall–Kier alpha value is -0.620. The molecule has 0 saturated carbocycles. The van der Waals surface area contributed by atoms with E-state index in [4.69, 9.17) is 4.74 Å². The molecule has 0 N–H and O–H groups in total. The minimum Gasteiger partial charge on any atom is -0.469 e. The fourth-order valence-corrected chi connectivity index (χ4v) is 4.34. The highest BCUT2D eigenvalue weighted by Gasteiger charge is 2.49. The van der Waals surface area contributed by atoms with Crippen LogP contribution in [0.1, 0.15) is 30.7 Å². The first-order chi connectivity index (χ1) is 9.61. The van der Waals surface area contributed by atoms with Crippen LogP contribution in [0.25, 0.3) is 0 Å². The average molecular weight is 385 g/mol. The molecule has 0 spiro atoms. The predicted octanol–water partition coefficient (Wildman–Crippen LogP) is 3.03. The van der Waals surface area contributed by atoms with Crippen molar-refractivity contribution in [2.75, 3.05) is 14.2 Å². The van der Waals surface area contributed by atoms with E-state index in [9.17, 15) is 4.79 Å². The molecule has 2 heterocycles. The summed E-state index contributed by atoms with van der Waals surface area (Å²) in [5.41, 5.74) is 1.28. The Kier molecular flexibility index (Phi) is 4.04. The molecule has 20 heavy (non-hydrogen) atoms. The van der Waals surface area contributed by atoms with Crippen LogP contribution < -0.4 is 0 Å². The first kappa shape index (κ1) is 14.3. The standard InChI is InChI=1S/C16H20INO2/c1-18-12-7-8-14(18)15(16(19)20-2)13(9-12)10-3-5-11(17)6-4-10/h3-6,12-15H,7-9H2,1-2H3/t12-,13?,14+,15?/m0/s1. The second kappa shape index (κ2) is 5.64. The van der Waals surface area contributed by atoms with Crippen molar-refractivity contribution in [2.45, 2.75) is 37.3 Å². The number of halogens is 1. The topological polar surface area (TPSA) is 29.5 Å². The summed E-state index contributed by atoms with van der Waals surface area (Å²) in [5.74, 6) is 0.225. The molecule has 2 saturated heterocycles. The van der Waals surface area contributed by atoms with Crippen LogP contribution in [0.15, 0.2) is 24.3 Å². The molecule has 2 aliphatic heterocycles. The van der Waals surface area contributed by atoms with Gasteiger partial charge in [0.05, 0.1) is 13.0 Å². The smallest absolute Gasteiger partial charge is 0.310 e. The van der Waals surface area contributed by atoms with E-state index in [2.05, 4.69) is 58.8 Å². The lowest BCUT2D eigenvalue weighted by atomic mass is 9.76. The van der Waals surface area contributed by atoms with E-state index < -0.39 is 0 Å². The van der Waals surface area contributed by atoms with Crippen LogP contribution in [-0.4, -0.2) is 37.1 Å². The summed E-state index contributed by atoms with van der Waals surface area (Å²) in [6.07, 6.45) is 3.38. The van der Waals surface area contributed by atoms with Crippen molar-refractivity contribution in [3.05, 3.63) is 33.4 Å². The molecule has 108 valence electrons. The summed E-state index contributed by atoms with van der Waals surface area (Å²) in [6, 6.07) is 9.56. The lowest BCUT2D eigenvalue weighted by molar-refractivity contribution is -0.150. The second-order valence-electron chi connectivity index (χ2n) is 5.91. The van der Waals surface area contributed by atoms with Gasteiger partial charge in [-0.05, 0) is 66.6 Å². The maximum Gasteiger partial charge on any atom is 0.310 e. The molecule has 2 fully saturated rings. The van der Waals surface area contributed by atoms with Gasteiger partial charge in [0.2, 0.25) is 0 Å². The van der Waals surface area contributed by atoms with E-state index in [1.165, 1.54) is 22.7 Å². The molecule has 0 radical (unpaired) electrons. The highest BCUT2D eigenvalue weighted by Crippen LogP contribution is 2.46. The van der Waals surface area contributed by atoms with Crippen LogP contribution in [0.2, 0.25) is 0 Å². The summed E-state index contributed by atoms with van der Waals surface area (Å²) in [4.78, 5) is 14.7. The Morgan fingerprint density at radius 3 is 2.65 bits per heavy atom. The lowest BCUT2D eigenvalue weighted by Crippen LogP contribution is -2.49. The number of fused-ring (bicyclic) bond motifs is 2. The van der Waals surface area contributed by atoms with Crippen LogP contribution in [0, 0.1) is 9.49 Å². The number of esters is 1. The van der Waals surface area contributed by atoms with Crippen molar-refractivity contribution in [2.24, 2.45) is 5.92 Å². The molecule has 0 amide bonds. The molecule has 1 aromatic carbocycles. The van der Waals surface area contributed by atoms with E-state index in [1.54, 1.807) is 0 Å². The van der Waals surface area contributed by atoms with Crippen LogP contribution in [-0.2, 0) is 9.53 Å². The molecule has 3 nitrogen and oxygen atoms in total. The minimum atomic E-state index is -0.0502. The first-order valence-corrected chi connectivity index (χ1v) is 8.25. The zero-order valence-corrected chi connectivity index (χ0v) is 14.0. The number of methoxy groups -OCH3 is 1. The fraction of sp³-hybridized carbons (Fsp3) is 0.562. The molecule has 0 aromatic heterocycles. The molecule has 3 rings (SSSR count). The Morgan fingerprint density at radius 1 is 1.30 bits per heavy atom. The average Bonchev–Trinajstić information content (AvgIpc) is 2.70. The van der Waals surface area contributed by atoms with Crippen molar-refractivity contribution in [3.63, 3.8) is 0 Å². The molecule has 2 aliphatic rings. The van der Waals surface area contributed by atoms with Gasteiger partial charge in [0.1, 0.15) is 0 Å². The number of nitrogens with zero attached hydrogens (tertiary/aromatic N) is 1. The van der Waals surface area contributed by atoms with Gasteiger partial charge >= 0.3 is 5.97 Å². The monoisotopic (exact) mass is 385 g/mol. The maximum atomic E-state index is 12.3. The van der Waals surface area contributed by atoms with Crippen LogP contribution in [0.3, 0.4) is 0 Å². The third kappa shape index (κ3) is 2.37. The van der Waals surface area contributed by atoms with Gasteiger partial charge in [0, 0.05) is 21.6 Å². The van der Waals surface area contributed by atoms with Gasteiger partial charge in [0.25, 0.3) is 0 Å². The van der Waals surface area contributed by atoms with Crippen LogP contribution >= 0.6 is 22.6 Å². The van der Waals surface area contributed by atoms with E-state index in [0.29, 0.717) is 18.0 Å². The molecular weight excluding hydrogens is 365 g/mol. The Balaban J connectivity index is 1.95. The Morgan fingerprint density at radius 2 is 2.00 bits per heavy atom. The number of hydrogen-bond donors (Lipinski definition) is 0. The van der Waals surface area contributed by atoms with Crippen molar-refractivity contribution in [1.82, 2.24) is 4.90 Å². The molecule has 4 heteroatoms. The number of piperidine rings is 1. The summed E-state index contributed by atoms with van der Waals surface area (Å²) in [5, 5.41) is 0. The summed E-state index contributed by atoms with van der Waals surface area (Å²) < 4.78 is 6.33. The second-order valence-corrected chi connectivity index (χ2v) is 7.15. The molecular formula is C16H20INO2. The molecule has 2 bridgehead atoms.